The average molecular weight is 385 g/mol. The second-order valence-electron chi connectivity index (χ2n) is 8.08. The average Bonchev–Trinajstić information content (AvgIpc) is 2.70. The van der Waals surface area contributed by atoms with E-state index in [9.17, 15) is 10.2 Å². The summed E-state index contributed by atoms with van der Waals surface area (Å²) < 4.78 is 0. The lowest BCUT2D eigenvalue weighted by Crippen LogP contribution is -1.88. The summed E-state index contributed by atoms with van der Waals surface area (Å²) >= 11 is 0. The maximum absolute atomic E-state index is 10.7. The molecule has 148 valence electrons. The Morgan fingerprint density at radius 2 is 1.24 bits per heavy atom. The Hall–Kier alpha value is -3.00. The number of hydrogen-bond acceptors (Lipinski definition) is 2. The molecule has 0 aliphatic heterocycles. The van der Waals surface area contributed by atoms with Crippen molar-refractivity contribution in [1.29, 1.82) is 0 Å². The van der Waals surface area contributed by atoms with Crippen LogP contribution in [0.15, 0.2) is 60.7 Å². The van der Waals surface area contributed by atoms with Crippen LogP contribution in [0.5, 0.6) is 11.5 Å². The number of fused-ring (bicyclic) bond motifs is 2. The van der Waals surface area contributed by atoms with Crippen molar-refractivity contribution in [3.8, 4) is 22.6 Å². The highest BCUT2D eigenvalue weighted by atomic mass is 16.3. The molecule has 0 aliphatic carbocycles. The van der Waals surface area contributed by atoms with Crippen LogP contribution in [0.3, 0.4) is 0 Å². The summed E-state index contributed by atoms with van der Waals surface area (Å²) in [7, 11) is 0. The minimum Gasteiger partial charge on any atom is -0.507 e. The molecule has 0 atom stereocenters. The SMILES string of the molecule is CCCCCCc1ccc2cc(-c3cc4ccc(C)cc4cc3O)c(O)cc2c1. The summed E-state index contributed by atoms with van der Waals surface area (Å²) in [6.45, 7) is 4.27. The lowest BCUT2D eigenvalue weighted by atomic mass is 9.95. The molecule has 2 heteroatoms. The Bertz CT molecular complexity index is 1170. The summed E-state index contributed by atoms with van der Waals surface area (Å²) in [6, 6.07) is 20.2. The number of aryl methyl sites for hydroxylation is 2. The zero-order chi connectivity index (χ0) is 20.4. The van der Waals surface area contributed by atoms with Gasteiger partial charge in [0.15, 0.2) is 0 Å². The van der Waals surface area contributed by atoms with Gasteiger partial charge in [-0.15, -0.1) is 0 Å². The fourth-order valence-corrected chi connectivity index (χ4v) is 4.08. The van der Waals surface area contributed by atoms with Crippen LogP contribution in [0.4, 0.5) is 0 Å². The van der Waals surface area contributed by atoms with Crippen molar-refractivity contribution in [2.75, 3.05) is 0 Å². The van der Waals surface area contributed by atoms with Crippen LogP contribution in [0.2, 0.25) is 0 Å². The van der Waals surface area contributed by atoms with E-state index in [2.05, 4.69) is 43.3 Å². The van der Waals surface area contributed by atoms with Crippen LogP contribution in [0.25, 0.3) is 32.7 Å². The molecular formula is C27H28O2. The summed E-state index contributed by atoms with van der Waals surface area (Å²) in [5.41, 5.74) is 3.78. The van der Waals surface area contributed by atoms with Gasteiger partial charge in [-0.05, 0) is 71.1 Å². The summed E-state index contributed by atoms with van der Waals surface area (Å²) in [4.78, 5) is 0. The normalized spacial score (nSPS) is 11.4. The van der Waals surface area contributed by atoms with Gasteiger partial charge >= 0.3 is 0 Å². The zero-order valence-corrected chi connectivity index (χ0v) is 17.2. The summed E-state index contributed by atoms with van der Waals surface area (Å²) in [5.74, 6) is 0.382. The highest BCUT2D eigenvalue weighted by molar-refractivity contribution is 5.96. The molecule has 4 rings (SSSR count). The van der Waals surface area contributed by atoms with Crippen molar-refractivity contribution in [2.24, 2.45) is 0 Å². The molecule has 0 amide bonds. The topological polar surface area (TPSA) is 40.5 Å². The van der Waals surface area contributed by atoms with E-state index in [0.717, 1.165) is 33.5 Å². The monoisotopic (exact) mass is 384 g/mol. The van der Waals surface area contributed by atoms with Crippen LogP contribution >= 0.6 is 0 Å². The fourth-order valence-electron chi connectivity index (χ4n) is 4.08. The van der Waals surface area contributed by atoms with Gasteiger partial charge in [-0.25, -0.2) is 0 Å². The molecule has 0 saturated heterocycles. The minimum absolute atomic E-state index is 0.185. The largest absolute Gasteiger partial charge is 0.507 e. The number of hydrogen-bond donors (Lipinski definition) is 2. The molecule has 0 radical (unpaired) electrons. The molecule has 2 N–H and O–H groups in total. The molecule has 0 unspecified atom stereocenters. The summed E-state index contributed by atoms with van der Waals surface area (Å²) in [6.07, 6.45) is 6.07. The fraction of sp³-hybridized carbons (Fsp3) is 0.259. The van der Waals surface area contributed by atoms with Gasteiger partial charge in [0.1, 0.15) is 11.5 Å². The Morgan fingerprint density at radius 1 is 0.621 bits per heavy atom. The molecule has 29 heavy (non-hydrogen) atoms. The first-order chi connectivity index (χ1) is 14.0. The molecule has 0 aliphatic rings. The van der Waals surface area contributed by atoms with Gasteiger partial charge < -0.3 is 10.2 Å². The van der Waals surface area contributed by atoms with Gasteiger partial charge in [0, 0.05) is 11.1 Å². The molecule has 0 heterocycles. The third-order valence-electron chi connectivity index (χ3n) is 5.74. The molecule has 2 nitrogen and oxygen atoms in total. The molecule has 4 aromatic rings. The van der Waals surface area contributed by atoms with Crippen LogP contribution in [0.1, 0.15) is 43.7 Å². The number of phenols is 2. The van der Waals surface area contributed by atoms with Crippen LogP contribution in [-0.2, 0) is 6.42 Å². The van der Waals surface area contributed by atoms with E-state index in [1.54, 1.807) is 6.07 Å². The van der Waals surface area contributed by atoms with Crippen molar-refractivity contribution in [3.63, 3.8) is 0 Å². The summed E-state index contributed by atoms with van der Waals surface area (Å²) in [5, 5.41) is 25.5. The second-order valence-corrected chi connectivity index (χ2v) is 8.08. The van der Waals surface area contributed by atoms with E-state index < -0.39 is 0 Å². The van der Waals surface area contributed by atoms with Crippen LogP contribution in [0, 0.1) is 6.92 Å². The molecule has 0 saturated carbocycles. The first-order valence-corrected chi connectivity index (χ1v) is 10.5. The first-order valence-electron chi connectivity index (χ1n) is 10.5. The van der Waals surface area contributed by atoms with Crippen molar-refractivity contribution in [3.05, 3.63) is 71.8 Å². The number of aromatic hydroxyl groups is 2. The van der Waals surface area contributed by atoms with E-state index in [-0.39, 0.29) is 11.5 Å². The molecular weight excluding hydrogens is 356 g/mol. The van der Waals surface area contributed by atoms with Gasteiger partial charge in [0.25, 0.3) is 0 Å². The maximum Gasteiger partial charge on any atom is 0.124 e. The highest BCUT2D eigenvalue weighted by Gasteiger charge is 2.12. The van der Waals surface area contributed by atoms with E-state index in [1.807, 2.05) is 25.1 Å². The molecule has 0 aromatic heterocycles. The minimum atomic E-state index is 0.185. The molecule has 4 aromatic carbocycles. The first kappa shape index (κ1) is 19.3. The van der Waals surface area contributed by atoms with Gasteiger partial charge in [-0.3, -0.25) is 0 Å². The number of phenolic OH excluding ortho intramolecular Hbond substituents is 2. The lowest BCUT2D eigenvalue weighted by molar-refractivity contribution is 0.470. The quantitative estimate of drug-likeness (QED) is 0.338. The van der Waals surface area contributed by atoms with Crippen molar-refractivity contribution in [1.82, 2.24) is 0 Å². The van der Waals surface area contributed by atoms with Crippen molar-refractivity contribution < 1.29 is 10.2 Å². The molecule has 0 spiro atoms. The molecule has 0 fully saturated rings. The maximum atomic E-state index is 10.7. The number of unbranched alkanes of at least 4 members (excludes halogenated alkanes) is 3. The lowest BCUT2D eigenvalue weighted by Gasteiger charge is -2.12. The Labute approximate surface area is 172 Å². The van der Waals surface area contributed by atoms with Gasteiger partial charge in [0.05, 0.1) is 0 Å². The standard InChI is InChI=1S/C27H28O2/c1-3-4-5-6-7-19-9-11-21-15-25(27(29)17-23(21)13-19)24-14-20-10-8-18(2)12-22(20)16-26(24)28/h8-17,28-29H,3-7H2,1-2H3. The molecule has 0 bridgehead atoms. The smallest absolute Gasteiger partial charge is 0.124 e. The van der Waals surface area contributed by atoms with E-state index >= 15 is 0 Å². The van der Waals surface area contributed by atoms with Gasteiger partial charge in [-0.1, -0.05) is 68.1 Å². The third-order valence-corrected chi connectivity index (χ3v) is 5.74. The van der Waals surface area contributed by atoms with Crippen molar-refractivity contribution >= 4 is 21.5 Å². The Morgan fingerprint density at radius 3 is 1.90 bits per heavy atom. The zero-order valence-electron chi connectivity index (χ0n) is 17.2. The second kappa shape index (κ2) is 8.16. The Balaban J connectivity index is 1.71. The van der Waals surface area contributed by atoms with Gasteiger partial charge in [0.2, 0.25) is 0 Å². The highest BCUT2D eigenvalue weighted by Crippen LogP contribution is 2.40. The number of rotatable bonds is 6. The van der Waals surface area contributed by atoms with E-state index in [0.29, 0.717) is 11.1 Å². The number of benzene rings is 4. The predicted octanol–water partition coefficient (Wildman–Crippen LogP) is 7.50. The predicted molar refractivity (Wildman–Crippen MR) is 123 cm³/mol. The third kappa shape index (κ3) is 4.07. The van der Waals surface area contributed by atoms with Crippen molar-refractivity contribution in [2.45, 2.75) is 46.0 Å². The van der Waals surface area contributed by atoms with E-state index in [4.69, 9.17) is 0 Å². The van der Waals surface area contributed by atoms with E-state index in [1.165, 1.54) is 31.2 Å². The Kier molecular flexibility index (Phi) is 5.44. The van der Waals surface area contributed by atoms with Gasteiger partial charge in [-0.2, -0.15) is 0 Å². The van der Waals surface area contributed by atoms with Crippen LogP contribution in [-0.4, -0.2) is 10.2 Å². The van der Waals surface area contributed by atoms with Crippen LogP contribution < -0.4 is 0 Å².